The Hall–Kier alpha value is -6.90. The van der Waals surface area contributed by atoms with Gasteiger partial charge in [-0.2, -0.15) is 0 Å². The lowest BCUT2D eigenvalue weighted by Crippen LogP contribution is -2.55. The molecule has 3 aromatic carbocycles. The quantitative estimate of drug-likeness (QED) is 0.0378. The summed E-state index contributed by atoms with van der Waals surface area (Å²) in [5, 5.41) is 9.87. The molecule has 1 fully saturated rings. The van der Waals surface area contributed by atoms with Gasteiger partial charge in [0.2, 0.25) is 11.8 Å². The fraction of sp³-hybridized carbons (Fsp3) is 0.434. The maximum Gasteiger partial charge on any atom is 0.407 e. The average Bonchev–Trinajstić information content (AvgIpc) is 3.70. The van der Waals surface area contributed by atoms with Crippen LogP contribution >= 0.6 is 0 Å². The first-order valence-electron chi connectivity index (χ1n) is 23.5. The minimum atomic E-state index is -0.719. The van der Waals surface area contributed by atoms with E-state index >= 15 is 0 Å². The number of aromatic amines is 2. The number of hydrogen-bond donors (Lipinski definition) is 5. The van der Waals surface area contributed by atoms with Gasteiger partial charge < -0.3 is 45.2 Å². The number of aromatic nitrogens is 3. The summed E-state index contributed by atoms with van der Waals surface area (Å²) in [5.74, 6) is 0.995. The van der Waals surface area contributed by atoms with Crippen LogP contribution in [0.25, 0.3) is 50.1 Å². The highest BCUT2D eigenvalue weighted by Gasteiger charge is 2.50. The number of alkyl carbamates (subject to hydrolysis) is 2. The normalized spacial score (nSPS) is 17.1. The second-order valence-electron chi connectivity index (χ2n) is 18.9. The Morgan fingerprint density at radius 2 is 1.32 bits per heavy atom. The van der Waals surface area contributed by atoms with Crippen molar-refractivity contribution < 1.29 is 28.7 Å². The van der Waals surface area contributed by atoms with Crippen LogP contribution in [0.4, 0.5) is 9.59 Å². The van der Waals surface area contributed by atoms with E-state index in [1.54, 1.807) is 6.20 Å². The number of imidazole rings is 1. The van der Waals surface area contributed by atoms with Gasteiger partial charge in [0, 0.05) is 54.1 Å². The maximum atomic E-state index is 13.9. The maximum absolute atomic E-state index is 13.9. The fourth-order valence-electron chi connectivity index (χ4n) is 8.79. The van der Waals surface area contributed by atoms with Gasteiger partial charge in [0.05, 0.1) is 43.9 Å². The zero-order valence-corrected chi connectivity index (χ0v) is 41.3. The number of benzene rings is 3. The Labute approximate surface area is 400 Å². The molecule has 6 atom stereocenters. The molecule has 1 saturated carbocycles. The van der Waals surface area contributed by atoms with Crippen molar-refractivity contribution in [2.45, 2.75) is 93.0 Å². The van der Waals surface area contributed by atoms with Gasteiger partial charge in [-0.3, -0.25) is 14.6 Å². The van der Waals surface area contributed by atoms with Crippen LogP contribution in [-0.4, -0.2) is 107 Å². The summed E-state index contributed by atoms with van der Waals surface area (Å²) < 4.78 is 9.61. The molecular weight excluding hydrogens is 859 g/mol. The molecule has 1 aliphatic carbocycles. The zero-order chi connectivity index (χ0) is 49.4. The van der Waals surface area contributed by atoms with E-state index < -0.39 is 24.3 Å². The molecule has 1 aliphatic rings. The molecule has 362 valence electrons. The molecule has 5 N–H and O–H groups in total. The highest BCUT2D eigenvalue weighted by molar-refractivity contribution is 6.03. The van der Waals surface area contributed by atoms with E-state index in [9.17, 15) is 19.2 Å². The summed E-state index contributed by atoms with van der Waals surface area (Å²) in [6, 6.07) is 21.5. The minimum Gasteiger partial charge on any atom is -0.453 e. The second kappa shape index (κ2) is 22.3. The van der Waals surface area contributed by atoms with Crippen LogP contribution in [0, 0.1) is 29.6 Å². The fourth-order valence-corrected chi connectivity index (χ4v) is 8.79. The van der Waals surface area contributed by atoms with Gasteiger partial charge in [-0.1, -0.05) is 116 Å². The number of ether oxygens (including phenoxy) is 2. The Balaban J connectivity index is 1.13. The number of methoxy groups -OCH3 is 2. The summed E-state index contributed by atoms with van der Waals surface area (Å²) >= 11 is 0. The van der Waals surface area contributed by atoms with Gasteiger partial charge in [-0.05, 0) is 71.6 Å². The van der Waals surface area contributed by atoms with Crippen molar-refractivity contribution in [1.29, 1.82) is 0 Å². The van der Waals surface area contributed by atoms with Gasteiger partial charge in [0.25, 0.3) is 0 Å². The van der Waals surface area contributed by atoms with Crippen LogP contribution in [0.2, 0.25) is 0 Å². The zero-order valence-electron chi connectivity index (χ0n) is 41.3. The predicted octanol–water partition coefficient (Wildman–Crippen LogP) is 9.10. The van der Waals surface area contributed by atoms with Crippen molar-refractivity contribution >= 4 is 47.3 Å². The number of carbonyl (C=O) groups excluding carboxylic acids is 4. The third-order valence-electron chi connectivity index (χ3n) is 13.5. The van der Waals surface area contributed by atoms with Crippen LogP contribution in [0.15, 0.2) is 90.3 Å². The highest BCUT2D eigenvalue weighted by Crippen LogP contribution is 2.43. The molecule has 2 aromatic heterocycles. The van der Waals surface area contributed by atoms with Crippen molar-refractivity contribution in [3.63, 3.8) is 0 Å². The molecule has 0 radical (unpaired) electrons. The van der Waals surface area contributed by atoms with E-state index in [0.717, 1.165) is 50.0 Å². The number of amides is 4. The summed E-state index contributed by atoms with van der Waals surface area (Å²) in [4.78, 5) is 71.4. The summed E-state index contributed by atoms with van der Waals surface area (Å²) in [5.41, 5.74) is 8.64. The number of nitrogens with one attached hydrogen (secondary N) is 5. The molecule has 15 heteroatoms. The molecule has 6 rings (SSSR count). The largest absolute Gasteiger partial charge is 0.453 e. The van der Waals surface area contributed by atoms with Gasteiger partial charge in [-0.15, -0.1) is 0 Å². The lowest BCUT2D eigenvalue weighted by atomic mass is 9.95. The Morgan fingerprint density at radius 1 is 0.765 bits per heavy atom. The van der Waals surface area contributed by atoms with Gasteiger partial charge in [0.15, 0.2) is 0 Å². The molecule has 15 nitrogen and oxygen atoms in total. The summed E-state index contributed by atoms with van der Waals surface area (Å²) in [6.45, 7) is 23.1. The first-order valence-corrected chi connectivity index (χ1v) is 23.5. The third kappa shape index (κ3) is 11.4. The predicted molar refractivity (Wildman–Crippen MR) is 269 cm³/mol. The monoisotopic (exact) mass is 928 g/mol. The molecule has 0 spiro atoms. The van der Waals surface area contributed by atoms with Crippen molar-refractivity contribution in [3.8, 4) is 33.5 Å². The highest BCUT2D eigenvalue weighted by atomic mass is 16.5. The SMILES string of the molecule is C=N/C(=C\NCCN(C(=O)[C@@H](NC(=O)OC)C(C)C)[C@H](C)C(C)C)c1ccc(-c2ccc(-c3ccc(-c4cnc(CN(C(=O)[C@@H](NC(=O)OC)C(C)C)C5C(C)[C@H]5C)[nH]4)cc3)c3cc[nH]c23)cc1. The van der Waals surface area contributed by atoms with Gasteiger partial charge >= 0.3 is 12.2 Å². The van der Waals surface area contributed by atoms with Crippen LogP contribution in [0.5, 0.6) is 0 Å². The first kappa shape index (κ1) is 50.5. The molecule has 0 saturated heterocycles. The standard InChI is InChI=1S/C53H69N9O6/c1-30(2)35(9)61(50(63)46(31(3)4)59-52(65)67-11)26-25-55-27-43(54-10)38-17-15-37(16-18-38)41-22-21-40(42-23-24-56-48(41)42)36-13-19-39(20-14-36)44-28-57-45(58-44)29-62(49-33(7)34(49)8)51(64)47(32(5)6)60-53(66)68-12/h13-24,27-28,30-35,46-47,49,55-56H,10,25-26,29H2,1-9,11-12H3,(H,57,58)(H,59,65)(H,60,66)/b43-27-/t33-,34?,35-,46+,47+,49?/m1/s1. The minimum absolute atomic E-state index is 0.0527. The molecule has 68 heavy (non-hydrogen) atoms. The van der Waals surface area contributed by atoms with Crippen LogP contribution in [-0.2, 0) is 25.6 Å². The molecule has 0 aliphatic heterocycles. The molecule has 2 heterocycles. The molecular formula is C53H69N9O6. The summed E-state index contributed by atoms with van der Waals surface area (Å²) in [6.07, 6.45) is 4.31. The van der Waals surface area contributed by atoms with E-state index in [1.807, 2.05) is 68.9 Å². The molecule has 5 aromatic rings. The Kier molecular flexibility index (Phi) is 16.5. The smallest absolute Gasteiger partial charge is 0.407 e. The molecule has 2 unspecified atom stereocenters. The number of hydrogen-bond acceptors (Lipinski definition) is 9. The number of H-pyrrole nitrogens is 2. The van der Waals surface area contributed by atoms with E-state index in [0.29, 0.717) is 43.0 Å². The molecule has 0 bridgehead atoms. The Morgan fingerprint density at radius 3 is 1.88 bits per heavy atom. The van der Waals surface area contributed by atoms with Crippen LogP contribution < -0.4 is 16.0 Å². The van der Waals surface area contributed by atoms with Crippen molar-refractivity contribution in [3.05, 3.63) is 96.7 Å². The third-order valence-corrected chi connectivity index (χ3v) is 13.5. The molecule has 4 amide bonds. The van der Waals surface area contributed by atoms with E-state index in [4.69, 9.17) is 9.47 Å². The van der Waals surface area contributed by atoms with Crippen molar-refractivity contribution in [2.75, 3.05) is 27.3 Å². The number of rotatable bonds is 20. The van der Waals surface area contributed by atoms with Crippen molar-refractivity contribution in [1.82, 2.24) is 40.7 Å². The lowest BCUT2D eigenvalue weighted by Gasteiger charge is -2.35. The number of carbonyl (C=O) groups is 4. The van der Waals surface area contributed by atoms with E-state index in [2.05, 4.69) is 125 Å². The average molecular weight is 928 g/mol. The Bertz CT molecular complexity index is 2570. The number of nitrogens with zero attached hydrogens (tertiary/aromatic N) is 4. The van der Waals surface area contributed by atoms with E-state index in [-0.39, 0.29) is 41.7 Å². The number of fused-ring (bicyclic) bond motifs is 1. The van der Waals surface area contributed by atoms with Crippen LogP contribution in [0.1, 0.15) is 73.7 Å². The summed E-state index contributed by atoms with van der Waals surface area (Å²) in [7, 11) is 2.58. The van der Waals surface area contributed by atoms with E-state index in [1.165, 1.54) is 14.2 Å². The lowest BCUT2D eigenvalue weighted by molar-refractivity contribution is -0.137. The topological polar surface area (TPSA) is 186 Å². The number of aliphatic imine (C=N–C) groups is 1. The van der Waals surface area contributed by atoms with Gasteiger partial charge in [-0.25, -0.2) is 14.6 Å². The van der Waals surface area contributed by atoms with Crippen LogP contribution in [0.3, 0.4) is 0 Å². The second-order valence-corrected chi connectivity index (χ2v) is 18.9. The van der Waals surface area contributed by atoms with Gasteiger partial charge in [0.1, 0.15) is 17.9 Å². The van der Waals surface area contributed by atoms with Crippen molar-refractivity contribution in [2.24, 2.45) is 34.6 Å². The first-order chi connectivity index (χ1) is 32.5.